The summed E-state index contributed by atoms with van der Waals surface area (Å²) < 4.78 is 5.22. The molecule has 0 bridgehead atoms. The van der Waals surface area contributed by atoms with E-state index in [4.69, 9.17) is 4.42 Å². The van der Waals surface area contributed by atoms with E-state index in [9.17, 15) is 14.7 Å². The molecular weight excluding hydrogens is 282 g/mol. The molecule has 5 nitrogen and oxygen atoms in total. The lowest BCUT2D eigenvalue weighted by Crippen LogP contribution is -2.07. The van der Waals surface area contributed by atoms with Crippen LogP contribution in [0.5, 0.6) is 5.75 Å². The Bertz CT molecular complexity index is 957. The second-order valence-electron chi connectivity index (χ2n) is 4.99. The number of carbonyl (C=O) groups is 1. The Hall–Kier alpha value is -2.95. The Morgan fingerprint density at radius 2 is 1.91 bits per heavy atom. The highest BCUT2D eigenvalue weighted by Gasteiger charge is 2.18. The molecule has 0 aliphatic carbocycles. The molecule has 0 radical (unpaired) electrons. The third kappa shape index (κ3) is 2.16. The van der Waals surface area contributed by atoms with E-state index in [0.717, 1.165) is 0 Å². The van der Waals surface area contributed by atoms with Gasteiger partial charge in [-0.25, -0.2) is 4.79 Å². The summed E-state index contributed by atoms with van der Waals surface area (Å²) >= 11 is 0. The number of aromatic hydroxyl groups is 1. The highest BCUT2D eigenvalue weighted by molar-refractivity contribution is 5.95. The van der Waals surface area contributed by atoms with Crippen molar-refractivity contribution in [2.75, 3.05) is 0 Å². The summed E-state index contributed by atoms with van der Waals surface area (Å²) in [6.07, 6.45) is 0. The van der Waals surface area contributed by atoms with Gasteiger partial charge < -0.3 is 9.52 Å². The van der Waals surface area contributed by atoms with Crippen LogP contribution in [0.15, 0.2) is 45.6 Å². The maximum Gasteiger partial charge on any atom is 0.349 e. The van der Waals surface area contributed by atoms with E-state index in [1.54, 1.807) is 37.3 Å². The summed E-state index contributed by atoms with van der Waals surface area (Å²) in [6, 6.07) is 9.85. The summed E-state index contributed by atoms with van der Waals surface area (Å²) in [6.45, 7) is 3.13. The number of nitrogens with zero attached hydrogens (tertiary/aromatic N) is 1. The third-order valence-corrected chi connectivity index (χ3v) is 3.51. The molecule has 0 fully saturated rings. The Morgan fingerprint density at radius 3 is 2.59 bits per heavy atom. The van der Waals surface area contributed by atoms with Gasteiger partial charge in [0.2, 0.25) is 0 Å². The first-order valence-electron chi connectivity index (χ1n) is 6.73. The maximum atomic E-state index is 12.2. The average molecular weight is 295 g/mol. The molecule has 1 aromatic carbocycles. The Kier molecular flexibility index (Phi) is 3.25. The van der Waals surface area contributed by atoms with Crippen molar-refractivity contribution in [3.8, 4) is 17.0 Å². The summed E-state index contributed by atoms with van der Waals surface area (Å²) in [4.78, 5) is 27.9. The minimum absolute atomic E-state index is 0.00287. The first-order chi connectivity index (χ1) is 10.5. The lowest BCUT2D eigenvalue weighted by Gasteiger charge is -2.08. The molecule has 0 saturated heterocycles. The number of aryl methyl sites for hydroxylation is 1. The highest BCUT2D eigenvalue weighted by atomic mass is 16.4. The molecule has 2 heterocycles. The van der Waals surface area contributed by atoms with E-state index in [2.05, 4.69) is 4.98 Å². The number of ketones is 1. The van der Waals surface area contributed by atoms with Crippen molar-refractivity contribution in [1.82, 2.24) is 4.98 Å². The average Bonchev–Trinajstić information content (AvgIpc) is 2.47. The van der Waals surface area contributed by atoms with Crippen molar-refractivity contribution in [3.63, 3.8) is 0 Å². The van der Waals surface area contributed by atoms with Crippen LogP contribution in [-0.4, -0.2) is 15.9 Å². The van der Waals surface area contributed by atoms with Gasteiger partial charge in [0, 0.05) is 11.3 Å². The Morgan fingerprint density at radius 1 is 1.18 bits per heavy atom. The van der Waals surface area contributed by atoms with Crippen molar-refractivity contribution in [2.45, 2.75) is 13.8 Å². The van der Waals surface area contributed by atoms with Crippen LogP contribution >= 0.6 is 0 Å². The maximum absolute atomic E-state index is 12.2. The lowest BCUT2D eigenvalue weighted by atomic mass is 10.1. The monoisotopic (exact) mass is 295 g/mol. The van der Waals surface area contributed by atoms with Gasteiger partial charge in [0.05, 0.1) is 11.1 Å². The number of benzene rings is 1. The predicted molar refractivity (Wildman–Crippen MR) is 82.1 cm³/mol. The van der Waals surface area contributed by atoms with Crippen molar-refractivity contribution >= 4 is 16.8 Å². The summed E-state index contributed by atoms with van der Waals surface area (Å²) in [5.74, 6) is -0.277. The van der Waals surface area contributed by atoms with Gasteiger partial charge in [0.25, 0.3) is 0 Å². The van der Waals surface area contributed by atoms with Gasteiger partial charge in [-0.15, -0.1) is 0 Å². The number of pyridine rings is 1. The zero-order valence-corrected chi connectivity index (χ0v) is 12.1. The molecular formula is C17H13NO4. The number of fused-ring (bicyclic) bond motifs is 1. The number of para-hydroxylation sites is 1. The first-order valence-corrected chi connectivity index (χ1v) is 6.73. The van der Waals surface area contributed by atoms with Gasteiger partial charge in [-0.2, -0.15) is 0 Å². The van der Waals surface area contributed by atoms with Crippen molar-refractivity contribution in [1.29, 1.82) is 0 Å². The van der Waals surface area contributed by atoms with Crippen molar-refractivity contribution < 1.29 is 14.3 Å². The van der Waals surface area contributed by atoms with Crippen LogP contribution in [-0.2, 0) is 0 Å². The van der Waals surface area contributed by atoms with Gasteiger partial charge in [0.15, 0.2) is 5.78 Å². The quantitative estimate of drug-likeness (QED) is 0.580. The number of hydrogen-bond acceptors (Lipinski definition) is 5. The molecule has 0 atom stereocenters. The van der Waals surface area contributed by atoms with Crippen LogP contribution in [0.3, 0.4) is 0 Å². The molecule has 3 rings (SSSR count). The molecule has 22 heavy (non-hydrogen) atoms. The molecule has 0 spiro atoms. The lowest BCUT2D eigenvalue weighted by molar-refractivity contribution is 0.101. The van der Waals surface area contributed by atoms with Crippen molar-refractivity contribution in [2.24, 2.45) is 0 Å². The van der Waals surface area contributed by atoms with E-state index in [1.165, 1.54) is 13.0 Å². The fraction of sp³-hybridized carbons (Fsp3) is 0.118. The van der Waals surface area contributed by atoms with Gasteiger partial charge >= 0.3 is 5.63 Å². The number of rotatable bonds is 2. The van der Waals surface area contributed by atoms with Gasteiger partial charge in [0.1, 0.15) is 16.9 Å². The molecule has 2 aromatic heterocycles. The summed E-state index contributed by atoms with van der Waals surface area (Å²) in [7, 11) is 0. The minimum Gasteiger partial charge on any atom is -0.506 e. The molecule has 3 aromatic rings. The fourth-order valence-corrected chi connectivity index (χ4v) is 2.43. The van der Waals surface area contributed by atoms with Crippen molar-refractivity contribution in [3.05, 3.63) is 58.1 Å². The number of aromatic nitrogens is 1. The van der Waals surface area contributed by atoms with E-state index < -0.39 is 5.63 Å². The van der Waals surface area contributed by atoms with Gasteiger partial charge in [-0.3, -0.25) is 9.78 Å². The largest absolute Gasteiger partial charge is 0.506 e. The highest BCUT2D eigenvalue weighted by Crippen LogP contribution is 2.32. The molecule has 0 aliphatic heterocycles. The Balaban J connectivity index is 2.29. The number of Topliss-reactive ketones (excluding diaryl/α,β-unsaturated/α-hetero) is 1. The molecule has 0 aliphatic rings. The minimum atomic E-state index is -0.668. The predicted octanol–water partition coefficient (Wildman–Crippen LogP) is 3.07. The zero-order valence-electron chi connectivity index (χ0n) is 12.1. The van der Waals surface area contributed by atoms with Crippen LogP contribution in [0.1, 0.15) is 23.0 Å². The van der Waals surface area contributed by atoms with Crippen LogP contribution in [0.2, 0.25) is 0 Å². The number of carbonyl (C=O) groups excluding carboxylic acids is 1. The van der Waals surface area contributed by atoms with E-state index in [-0.39, 0.29) is 22.8 Å². The topological polar surface area (TPSA) is 80.4 Å². The van der Waals surface area contributed by atoms with E-state index in [0.29, 0.717) is 22.2 Å². The van der Waals surface area contributed by atoms with Gasteiger partial charge in [-0.1, -0.05) is 12.1 Å². The normalized spacial score (nSPS) is 10.8. The van der Waals surface area contributed by atoms with E-state index >= 15 is 0 Å². The Labute approximate surface area is 125 Å². The fourth-order valence-electron chi connectivity index (χ4n) is 2.43. The molecule has 0 unspecified atom stereocenters. The van der Waals surface area contributed by atoms with Gasteiger partial charge in [-0.05, 0) is 38.1 Å². The van der Waals surface area contributed by atoms with Crippen LogP contribution in [0.4, 0.5) is 0 Å². The zero-order chi connectivity index (χ0) is 15.9. The van der Waals surface area contributed by atoms with Crippen LogP contribution < -0.4 is 5.63 Å². The SMILES string of the molecule is CC(=O)c1ccc(-c2c(O)c3ccccc3oc2=O)nc1C. The summed E-state index contributed by atoms with van der Waals surface area (Å²) in [5.41, 5.74) is 0.895. The second-order valence-corrected chi connectivity index (χ2v) is 4.99. The summed E-state index contributed by atoms with van der Waals surface area (Å²) in [5, 5.41) is 10.8. The van der Waals surface area contributed by atoms with Crippen LogP contribution in [0.25, 0.3) is 22.2 Å². The standard InChI is InChI=1S/C17H13NO4/c1-9-11(10(2)19)7-8-13(18-9)15-16(20)12-5-3-4-6-14(12)22-17(15)21/h3-8,20H,1-2H3. The molecule has 110 valence electrons. The van der Waals surface area contributed by atoms with Crippen LogP contribution in [0, 0.1) is 6.92 Å². The molecule has 0 saturated carbocycles. The first kappa shape index (κ1) is 14.0. The number of hydrogen-bond donors (Lipinski definition) is 1. The molecule has 1 N–H and O–H groups in total. The van der Waals surface area contributed by atoms with E-state index in [1.807, 2.05) is 0 Å². The molecule has 0 amide bonds. The molecule has 5 heteroatoms. The second kappa shape index (κ2) is 5.11. The smallest absolute Gasteiger partial charge is 0.349 e. The third-order valence-electron chi connectivity index (χ3n) is 3.51.